The molecule has 1 aliphatic rings. The second-order valence-electron chi connectivity index (χ2n) is 5.84. The molecule has 1 aliphatic heterocycles. The number of amides is 2. The Labute approximate surface area is 154 Å². The predicted octanol–water partition coefficient (Wildman–Crippen LogP) is 4.42. The first-order valence-corrected chi connectivity index (χ1v) is 9.05. The first-order chi connectivity index (χ1) is 12.7. The van der Waals surface area contributed by atoms with Crippen LogP contribution in [-0.4, -0.2) is 17.8 Å². The van der Waals surface area contributed by atoms with Crippen LogP contribution in [0, 0.1) is 0 Å². The molecule has 1 aromatic heterocycles. The Kier molecular flexibility index (Phi) is 4.45. The predicted molar refractivity (Wildman–Crippen MR) is 101 cm³/mol. The molecule has 1 unspecified atom stereocenters. The van der Waals surface area contributed by atoms with Crippen LogP contribution in [0.15, 0.2) is 53.9 Å². The van der Waals surface area contributed by atoms with Gasteiger partial charge in [0.05, 0.1) is 11.7 Å². The molecule has 2 amide bonds. The van der Waals surface area contributed by atoms with E-state index < -0.39 is 0 Å². The lowest BCUT2D eigenvalue weighted by molar-refractivity contribution is 0.174. The van der Waals surface area contributed by atoms with Crippen LogP contribution in [-0.2, 0) is 0 Å². The fourth-order valence-corrected chi connectivity index (χ4v) is 3.38. The van der Waals surface area contributed by atoms with Crippen LogP contribution < -0.4 is 20.1 Å². The number of thiazole rings is 1. The van der Waals surface area contributed by atoms with E-state index in [0.717, 1.165) is 22.6 Å². The molecule has 26 heavy (non-hydrogen) atoms. The standard InChI is InChI=1S/C19H17N3O3S/c1-12(14-7-8-16-17(9-14)25-11-24-16)20-18(23)22-19-21-15(10-26-19)13-5-3-2-4-6-13/h2-10,12H,11H2,1H3,(H2,20,21,22,23). The van der Waals surface area contributed by atoms with E-state index in [1.807, 2.05) is 60.8 Å². The van der Waals surface area contributed by atoms with Gasteiger partial charge >= 0.3 is 6.03 Å². The SMILES string of the molecule is CC(NC(=O)Nc1nc(-c2ccccc2)cs1)c1ccc2c(c1)OCO2. The molecule has 4 rings (SSSR count). The number of ether oxygens (including phenoxy) is 2. The molecule has 0 saturated carbocycles. The summed E-state index contributed by atoms with van der Waals surface area (Å²) in [5.74, 6) is 1.42. The maximum Gasteiger partial charge on any atom is 0.321 e. The summed E-state index contributed by atoms with van der Waals surface area (Å²) in [6.07, 6.45) is 0. The van der Waals surface area contributed by atoms with Gasteiger partial charge in [0, 0.05) is 10.9 Å². The number of urea groups is 1. The van der Waals surface area contributed by atoms with Gasteiger partial charge in [-0.1, -0.05) is 36.4 Å². The minimum absolute atomic E-state index is 0.182. The zero-order valence-electron chi connectivity index (χ0n) is 14.1. The van der Waals surface area contributed by atoms with Crippen molar-refractivity contribution in [3.63, 3.8) is 0 Å². The highest BCUT2D eigenvalue weighted by Crippen LogP contribution is 2.34. The van der Waals surface area contributed by atoms with Crippen LogP contribution in [0.3, 0.4) is 0 Å². The second-order valence-corrected chi connectivity index (χ2v) is 6.69. The van der Waals surface area contributed by atoms with Crippen LogP contribution in [0.4, 0.5) is 9.93 Å². The van der Waals surface area contributed by atoms with Gasteiger partial charge in [0.25, 0.3) is 0 Å². The lowest BCUT2D eigenvalue weighted by atomic mass is 10.1. The molecule has 2 heterocycles. The summed E-state index contributed by atoms with van der Waals surface area (Å²) in [7, 11) is 0. The molecule has 3 aromatic rings. The lowest BCUT2D eigenvalue weighted by Crippen LogP contribution is -2.31. The van der Waals surface area contributed by atoms with Crippen LogP contribution in [0.5, 0.6) is 11.5 Å². The Morgan fingerprint density at radius 1 is 1.15 bits per heavy atom. The van der Waals surface area contributed by atoms with Crippen molar-refractivity contribution in [1.29, 1.82) is 0 Å². The maximum atomic E-state index is 12.3. The van der Waals surface area contributed by atoms with Gasteiger partial charge in [-0.25, -0.2) is 9.78 Å². The molecule has 2 aromatic carbocycles. The first-order valence-electron chi connectivity index (χ1n) is 8.17. The summed E-state index contributed by atoms with van der Waals surface area (Å²) in [5.41, 5.74) is 2.80. The zero-order chi connectivity index (χ0) is 17.9. The van der Waals surface area contributed by atoms with Crippen molar-refractivity contribution in [3.8, 4) is 22.8 Å². The van der Waals surface area contributed by atoms with Gasteiger partial charge in [-0.15, -0.1) is 11.3 Å². The molecule has 0 radical (unpaired) electrons. The minimum Gasteiger partial charge on any atom is -0.454 e. The number of hydrogen-bond acceptors (Lipinski definition) is 5. The van der Waals surface area contributed by atoms with E-state index in [2.05, 4.69) is 15.6 Å². The average molecular weight is 367 g/mol. The summed E-state index contributed by atoms with van der Waals surface area (Å²) >= 11 is 1.39. The molecule has 2 N–H and O–H groups in total. The molecule has 0 fully saturated rings. The number of fused-ring (bicyclic) bond motifs is 1. The number of anilines is 1. The van der Waals surface area contributed by atoms with Gasteiger partial charge < -0.3 is 14.8 Å². The van der Waals surface area contributed by atoms with Crippen molar-refractivity contribution in [2.24, 2.45) is 0 Å². The number of aromatic nitrogens is 1. The third kappa shape index (κ3) is 3.48. The molecular weight excluding hydrogens is 350 g/mol. The number of nitrogens with zero attached hydrogens (tertiary/aromatic N) is 1. The number of nitrogens with one attached hydrogen (secondary N) is 2. The summed E-state index contributed by atoms with van der Waals surface area (Å²) in [6, 6.07) is 15.0. The Morgan fingerprint density at radius 3 is 2.81 bits per heavy atom. The quantitative estimate of drug-likeness (QED) is 0.716. The smallest absolute Gasteiger partial charge is 0.321 e. The van der Waals surface area contributed by atoms with E-state index in [0.29, 0.717) is 10.9 Å². The summed E-state index contributed by atoms with van der Waals surface area (Å²) < 4.78 is 10.7. The zero-order valence-corrected chi connectivity index (χ0v) is 14.9. The fourth-order valence-electron chi connectivity index (χ4n) is 2.67. The van der Waals surface area contributed by atoms with E-state index in [9.17, 15) is 4.79 Å². The number of benzene rings is 2. The van der Waals surface area contributed by atoms with E-state index in [1.54, 1.807) is 0 Å². The summed E-state index contributed by atoms with van der Waals surface area (Å²) in [5, 5.41) is 8.17. The normalized spacial score (nSPS) is 13.3. The molecule has 0 spiro atoms. The molecule has 7 heteroatoms. The highest BCUT2D eigenvalue weighted by molar-refractivity contribution is 7.14. The van der Waals surface area contributed by atoms with E-state index in [1.165, 1.54) is 11.3 Å². The van der Waals surface area contributed by atoms with Crippen molar-refractivity contribution in [1.82, 2.24) is 10.3 Å². The number of rotatable bonds is 4. The van der Waals surface area contributed by atoms with Gasteiger partial charge in [-0.3, -0.25) is 5.32 Å². The number of hydrogen-bond donors (Lipinski definition) is 2. The molecule has 1 atom stereocenters. The first kappa shape index (κ1) is 16.4. The highest BCUT2D eigenvalue weighted by atomic mass is 32.1. The van der Waals surface area contributed by atoms with Gasteiger partial charge in [-0.2, -0.15) is 0 Å². The van der Waals surface area contributed by atoms with Crippen molar-refractivity contribution < 1.29 is 14.3 Å². The van der Waals surface area contributed by atoms with Gasteiger partial charge in [0.1, 0.15) is 0 Å². The maximum absolute atomic E-state index is 12.3. The Bertz CT molecular complexity index is 927. The molecule has 0 aliphatic carbocycles. The van der Waals surface area contributed by atoms with E-state index in [-0.39, 0.29) is 18.9 Å². The Hall–Kier alpha value is -3.06. The van der Waals surface area contributed by atoms with Gasteiger partial charge in [-0.05, 0) is 24.6 Å². The van der Waals surface area contributed by atoms with Crippen LogP contribution >= 0.6 is 11.3 Å². The van der Waals surface area contributed by atoms with E-state index in [4.69, 9.17) is 9.47 Å². The Morgan fingerprint density at radius 2 is 1.96 bits per heavy atom. The summed E-state index contributed by atoms with van der Waals surface area (Å²) in [6.45, 7) is 2.14. The minimum atomic E-state index is -0.302. The third-order valence-electron chi connectivity index (χ3n) is 4.04. The van der Waals surface area contributed by atoms with E-state index >= 15 is 0 Å². The van der Waals surface area contributed by atoms with Crippen molar-refractivity contribution in [2.45, 2.75) is 13.0 Å². The van der Waals surface area contributed by atoms with Crippen molar-refractivity contribution in [2.75, 3.05) is 12.1 Å². The summed E-state index contributed by atoms with van der Waals surface area (Å²) in [4.78, 5) is 16.7. The van der Waals surface area contributed by atoms with Gasteiger partial charge in [0.2, 0.25) is 6.79 Å². The molecule has 6 nitrogen and oxygen atoms in total. The molecular formula is C19H17N3O3S. The average Bonchev–Trinajstić information content (AvgIpc) is 3.30. The lowest BCUT2D eigenvalue weighted by Gasteiger charge is -2.14. The van der Waals surface area contributed by atoms with Crippen molar-refractivity contribution in [3.05, 3.63) is 59.5 Å². The third-order valence-corrected chi connectivity index (χ3v) is 4.80. The van der Waals surface area contributed by atoms with Crippen LogP contribution in [0.25, 0.3) is 11.3 Å². The topological polar surface area (TPSA) is 72.5 Å². The molecule has 0 saturated heterocycles. The number of carbonyl (C=O) groups excluding carboxylic acids is 1. The molecule has 132 valence electrons. The Balaban J connectivity index is 1.39. The monoisotopic (exact) mass is 367 g/mol. The fraction of sp³-hybridized carbons (Fsp3) is 0.158. The largest absolute Gasteiger partial charge is 0.454 e. The van der Waals surface area contributed by atoms with Crippen molar-refractivity contribution >= 4 is 22.5 Å². The second kappa shape index (κ2) is 7.05. The molecule has 0 bridgehead atoms. The number of carbonyl (C=O) groups is 1. The highest BCUT2D eigenvalue weighted by Gasteiger charge is 2.17. The van der Waals surface area contributed by atoms with Gasteiger partial charge in [0.15, 0.2) is 16.6 Å². The van der Waals surface area contributed by atoms with Crippen LogP contribution in [0.1, 0.15) is 18.5 Å². The van der Waals surface area contributed by atoms with Crippen LogP contribution in [0.2, 0.25) is 0 Å².